The second-order valence-electron chi connectivity index (χ2n) is 7.76. The number of amides is 1. The van der Waals surface area contributed by atoms with Crippen LogP contribution in [-0.4, -0.2) is 16.0 Å². The minimum atomic E-state index is -0.233. The number of hydrogen-bond acceptors (Lipinski definition) is 4. The van der Waals surface area contributed by atoms with Crippen molar-refractivity contribution in [3.05, 3.63) is 114 Å². The topological polar surface area (TPSA) is 54.0 Å². The number of carbonyl (C=O) groups excluding carboxylic acids is 1. The summed E-state index contributed by atoms with van der Waals surface area (Å²) in [7, 11) is 0. The maximum atomic E-state index is 12.5. The Hall–Kier alpha value is -3.87. The molecule has 6 heteroatoms. The third-order valence-corrected chi connectivity index (χ3v) is 6.76. The van der Waals surface area contributed by atoms with Crippen molar-refractivity contribution >= 4 is 44.8 Å². The number of thiazole rings is 1. The van der Waals surface area contributed by atoms with E-state index in [1.165, 1.54) is 4.70 Å². The SMILES string of the molecule is O=C(NC(=S)NCc1ccc(-c2nc3ccccc3s2)cc1)c1ccc(-c2ccccc2)cc1. The van der Waals surface area contributed by atoms with Crippen LogP contribution >= 0.6 is 23.6 Å². The molecule has 0 unspecified atom stereocenters. The summed E-state index contributed by atoms with van der Waals surface area (Å²) in [5.74, 6) is -0.233. The molecule has 0 spiro atoms. The molecule has 4 nitrogen and oxygen atoms in total. The lowest BCUT2D eigenvalue weighted by Crippen LogP contribution is -2.38. The van der Waals surface area contributed by atoms with E-state index in [2.05, 4.69) is 28.8 Å². The first kappa shape index (κ1) is 21.9. The normalized spacial score (nSPS) is 10.7. The van der Waals surface area contributed by atoms with Gasteiger partial charge in [0.05, 0.1) is 10.2 Å². The van der Waals surface area contributed by atoms with Crippen LogP contribution in [-0.2, 0) is 6.54 Å². The van der Waals surface area contributed by atoms with Crippen LogP contribution in [0.3, 0.4) is 0 Å². The predicted octanol–water partition coefficient (Wildman–Crippen LogP) is 6.43. The number of thiocarbonyl (C=S) groups is 1. The van der Waals surface area contributed by atoms with Crippen LogP contribution in [0.5, 0.6) is 0 Å². The van der Waals surface area contributed by atoms with Gasteiger partial charge in [-0.25, -0.2) is 4.98 Å². The average Bonchev–Trinajstić information content (AvgIpc) is 3.33. The Balaban J connectivity index is 1.15. The Kier molecular flexibility index (Phi) is 6.42. The number of rotatable bonds is 5. The summed E-state index contributed by atoms with van der Waals surface area (Å²) >= 11 is 7.00. The van der Waals surface area contributed by atoms with Gasteiger partial charge in [0.15, 0.2) is 5.11 Å². The third-order valence-electron chi connectivity index (χ3n) is 5.43. The van der Waals surface area contributed by atoms with Crippen LogP contribution < -0.4 is 10.6 Å². The van der Waals surface area contributed by atoms with Crippen molar-refractivity contribution in [2.75, 3.05) is 0 Å². The number of nitrogens with one attached hydrogen (secondary N) is 2. The third kappa shape index (κ3) is 5.03. The fraction of sp³-hybridized carbons (Fsp3) is 0.0357. The molecule has 0 aliphatic carbocycles. The summed E-state index contributed by atoms with van der Waals surface area (Å²) < 4.78 is 1.18. The number of aromatic nitrogens is 1. The van der Waals surface area contributed by atoms with E-state index in [4.69, 9.17) is 17.2 Å². The second kappa shape index (κ2) is 9.95. The predicted molar refractivity (Wildman–Crippen MR) is 144 cm³/mol. The van der Waals surface area contributed by atoms with E-state index in [1.54, 1.807) is 23.5 Å². The molecule has 0 fully saturated rings. The Morgan fingerprint density at radius 1 is 0.765 bits per heavy atom. The van der Waals surface area contributed by atoms with Crippen LogP contribution in [0.4, 0.5) is 0 Å². The lowest BCUT2D eigenvalue weighted by Gasteiger charge is -2.10. The molecule has 1 amide bonds. The van der Waals surface area contributed by atoms with Gasteiger partial charge in [-0.1, -0.05) is 78.9 Å². The summed E-state index contributed by atoms with van der Waals surface area (Å²) in [5, 5.41) is 7.16. The lowest BCUT2D eigenvalue weighted by atomic mass is 10.0. The van der Waals surface area contributed by atoms with E-state index in [0.717, 1.165) is 32.8 Å². The highest BCUT2D eigenvalue weighted by Gasteiger charge is 2.09. The Bertz CT molecular complexity index is 1410. The Morgan fingerprint density at radius 3 is 2.15 bits per heavy atom. The molecule has 2 N–H and O–H groups in total. The van der Waals surface area contributed by atoms with Crippen LogP contribution in [0, 0.1) is 0 Å². The minimum absolute atomic E-state index is 0.233. The van der Waals surface area contributed by atoms with Crippen LogP contribution in [0.25, 0.3) is 31.9 Å². The van der Waals surface area contributed by atoms with Crippen molar-refractivity contribution in [2.45, 2.75) is 6.54 Å². The van der Waals surface area contributed by atoms with Crippen molar-refractivity contribution < 1.29 is 4.79 Å². The molecule has 0 aliphatic rings. The number of hydrogen-bond donors (Lipinski definition) is 2. The van der Waals surface area contributed by atoms with Crippen molar-refractivity contribution in [3.63, 3.8) is 0 Å². The number of carbonyl (C=O) groups is 1. The molecule has 4 aromatic carbocycles. The van der Waals surface area contributed by atoms with E-state index < -0.39 is 0 Å². The second-order valence-corrected chi connectivity index (χ2v) is 9.20. The highest BCUT2D eigenvalue weighted by atomic mass is 32.1. The molecule has 166 valence electrons. The first-order valence-electron chi connectivity index (χ1n) is 10.9. The molecule has 0 atom stereocenters. The van der Waals surface area contributed by atoms with Gasteiger partial charge >= 0.3 is 0 Å². The zero-order valence-corrected chi connectivity index (χ0v) is 19.8. The molecule has 0 bridgehead atoms. The van der Waals surface area contributed by atoms with Crippen LogP contribution in [0.2, 0.25) is 0 Å². The summed E-state index contributed by atoms with van der Waals surface area (Å²) in [6, 6.07) is 33.9. The van der Waals surface area contributed by atoms with E-state index in [1.807, 2.05) is 72.8 Å². The van der Waals surface area contributed by atoms with E-state index >= 15 is 0 Å². The maximum absolute atomic E-state index is 12.5. The first-order chi connectivity index (χ1) is 16.7. The molecule has 0 radical (unpaired) electrons. The number of benzene rings is 4. The minimum Gasteiger partial charge on any atom is -0.358 e. The number of para-hydroxylation sites is 1. The average molecular weight is 480 g/mol. The van der Waals surface area contributed by atoms with Gasteiger partial charge in [-0.05, 0) is 53.2 Å². The van der Waals surface area contributed by atoms with Gasteiger partial charge in [-0.2, -0.15) is 0 Å². The van der Waals surface area contributed by atoms with Gasteiger partial charge in [0.2, 0.25) is 0 Å². The van der Waals surface area contributed by atoms with E-state index in [-0.39, 0.29) is 5.91 Å². The van der Waals surface area contributed by atoms with Gasteiger partial charge in [-0.15, -0.1) is 11.3 Å². The van der Waals surface area contributed by atoms with Gasteiger partial charge < -0.3 is 5.32 Å². The number of nitrogens with zero attached hydrogens (tertiary/aromatic N) is 1. The highest BCUT2D eigenvalue weighted by Crippen LogP contribution is 2.30. The molecule has 34 heavy (non-hydrogen) atoms. The Morgan fingerprint density at radius 2 is 1.41 bits per heavy atom. The van der Waals surface area contributed by atoms with Gasteiger partial charge in [0.25, 0.3) is 5.91 Å². The fourth-order valence-corrected chi connectivity index (χ4v) is 4.74. The largest absolute Gasteiger partial charge is 0.358 e. The van der Waals surface area contributed by atoms with Gasteiger partial charge in [0.1, 0.15) is 5.01 Å². The summed E-state index contributed by atoms with van der Waals surface area (Å²) in [6.07, 6.45) is 0. The smallest absolute Gasteiger partial charge is 0.257 e. The fourth-order valence-electron chi connectivity index (χ4n) is 3.61. The van der Waals surface area contributed by atoms with Crippen molar-refractivity contribution in [1.29, 1.82) is 0 Å². The molecule has 0 saturated carbocycles. The zero-order chi connectivity index (χ0) is 23.3. The molecule has 0 aliphatic heterocycles. The molecule has 0 saturated heterocycles. The lowest BCUT2D eigenvalue weighted by molar-refractivity contribution is 0.0976. The van der Waals surface area contributed by atoms with E-state index in [0.29, 0.717) is 17.2 Å². The van der Waals surface area contributed by atoms with E-state index in [9.17, 15) is 4.79 Å². The zero-order valence-electron chi connectivity index (χ0n) is 18.2. The molecular formula is C28H21N3OS2. The maximum Gasteiger partial charge on any atom is 0.257 e. The first-order valence-corrected chi connectivity index (χ1v) is 12.1. The van der Waals surface area contributed by atoms with Crippen molar-refractivity contribution in [2.24, 2.45) is 0 Å². The summed E-state index contributed by atoms with van der Waals surface area (Å²) in [6.45, 7) is 0.520. The van der Waals surface area contributed by atoms with Crippen LogP contribution in [0.1, 0.15) is 15.9 Å². The highest BCUT2D eigenvalue weighted by molar-refractivity contribution is 7.80. The monoisotopic (exact) mass is 479 g/mol. The molecule has 1 aromatic heterocycles. The molecule has 5 rings (SSSR count). The van der Waals surface area contributed by atoms with Crippen molar-refractivity contribution in [1.82, 2.24) is 15.6 Å². The number of fused-ring (bicyclic) bond motifs is 1. The summed E-state index contributed by atoms with van der Waals surface area (Å²) in [5.41, 5.74) is 5.90. The molecule has 1 heterocycles. The van der Waals surface area contributed by atoms with Gasteiger partial charge in [-0.3, -0.25) is 10.1 Å². The van der Waals surface area contributed by atoms with Crippen LogP contribution in [0.15, 0.2) is 103 Å². The summed E-state index contributed by atoms with van der Waals surface area (Å²) in [4.78, 5) is 17.3. The van der Waals surface area contributed by atoms with Gasteiger partial charge in [0, 0.05) is 17.7 Å². The quantitative estimate of drug-likeness (QED) is 0.285. The van der Waals surface area contributed by atoms with Crippen molar-refractivity contribution in [3.8, 4) is 21.7 Å². The standard InChI is InChI=1S/C28H21N3OS2/c32-26(22-16-14-21(15-17-22)20-6-2-1-3-7-20)31-28(33)29-18-19-10-12-23(13-11-19)27-30-24-8-4-5-9-25(24)34-27/h1-17H,18H2,(H2,29,31,32,33). The molecular weight excluding hydrogens is 458 g/mol. The molecule has 5 aromatic rings. The Labute approximate surface area is 207 Å².